The first-order valence-electron chi connectivity index (χ1n) is 6.79. The molecule has 0 aromatic heterocycles. The lowest BCUT2D eigenvalue weighted by molar-refractivity contribution is -0.132. The third-order valence-electron chi connectivity index (χ3n) is 3.38. The molecule has 0 bridgehead atoms. The predicted molar refractivity (Wildman–Crippen MR) is 67.4 cm³/mol. The average molecular weight is 226 g/mol. The molecule has 1 N–H and O–H groups in total. The van der Waals surface area contributed by atoms with Crippen LogP contribution < -0.4 is 5.32 Å². The van der Waals surface area contributed by atoms with Crippen LogP contribution >= 0.6 is 0 Å². The van der Waals surface area contributed by atoms with E-state index in [-0.39, 0.29) is 5.91 Å². The Bertz CT molecular complexity index is 200. The van der Waals surface area contributed by atoms with Crippen LogP contribution in [0.2, 0.25) is 0 Å². The molecule has 1 fully saturated rings. The fourth-order valence-corrected chi connectivity index (χ4v) is 2.50. The van der Waals surface area contributed by atoms with Gasteiger partial charge in [0.15, 0.2) is 0 Å². The summed E-state index contributed by atoms with van der Waals surface area (Å²) < 4.78 is 0. The number of nitrogens with zero attached hydrogens (tertiary/aromatic N) is 1. The molecule has 1 aliphatic rings. The van der Waals surface area contributed by atoms with E-state index in [4.69, 9.17) is 0 Å². The number of likely N-dealkylation sites (N-methyl/N-ethyl adjacent to an activating group) is 1. The number of hydrogen-bond acceptors (Lipinski definition) is 2. The van der Waals surface area contributed by atoms with E-state index in [1.165, 1.54) is 32.1 Å². The highest BCUT2D eigenvalue weighted by Gasteiger charge is 2.23. The van der Waals surface area contributed by atoms with Crippen LogP contribution in [-0.4, -0.2) is 36.5 Å². The van der Waals surface area contributed by atoms with Crippen LogP contribution in [0.25, 0.3) is 0 Å². The van der Waals surface area contributed by atoms with Crippen LogP contribution in [0.3, 0.4) is 0 Å². The summed E-state index contributed by atoms with van der Waals surface area (Å²) in [7, 11) is 0. The van der Waals surface area contributed by atoms with E-state index in [0.29, 0.717) is 12.6 Å². The van der Waals surface area contributed by atoms with Gasteiger partial charge >= 0.3 is 0 Å². The highest BCUT2D eigenvalue weighted by molar-refractivity contribution is 5.78. The molecule has 0 atom stereocenters. The molecule has 0 spiro atoms. The van der Waals surface area contributed by atoms with Gasteiger partial charge in [-0.25, -0.2) is 0 Å². The Morgan fingerprint density at radius 3 is 2.50 bits per heavy atom. The van der Waals surface area contributed by atoms with E-state index in [1.54, 1.807) is 0 Å². The summed E-state index contributed by atoms with van der Waals surface area (Å²) in [6.45, 7) is 6.52. The van der Waals surface area contributed by atoms with Crippen LogP contribution in [0.5, 0.6) is 0 Å². The van der Waals surface area contributed by atoms with Gasteiger partial charge in [0.05, 0.1) is 6.54 Å². The second-order valence-corrected chi connectivity index (χ2v) is 4.65. The Hall–Kier alpha value is -0.570. The SMILES string of the molecule is CCCNCC(=O)N(CC)C1CCCCC1. The molecule has 3 heteroatoms. The van der Waals surface area contributed by atoms with Crippen LogP contribution in [-0.2, 0) is 4.79 Å². The van der Waals surface area contributed by atoms with Crippen molar-refractivity contribution in [2.75, 3.05) is 19.6 Å². The molecule has 0 aromatic carbocycles. The topological polar surface area (TPSA) is 32.3 Å². The lowest BCUT2D eigenvalue weighted by atomic mass is 9.94. The standard InChI is InChI=1S/C13H26N2O/c1-3-10-14-11-13(16)15(4-2)12-8-6-5-7-9-12/h12,14H,3-11H2,1-2H3. The molecule has 0 unspecified atom stereocenters. The minimum atomic E-state index is 0.280. The van der Waals surface area contributed by atoms with Gasteiger partial charge in [-0.05, 0) is 32.7 Å². The number of carbonyl (C=O) groups is 1. The average Bonchev–Trinajstić information content (AvgIpc) is 2.32. The highest BCUT2D eigenvalue weighted by atomic mass is 16.2. The van der Waals surface area contributed by atoms with Crippen molar-refractivity contribution in [1.82, 2.24) is 10.2 Å². The molecule has 0 aromatic rings. The van der Waals surface area contributed by atoms with Crippen molar-refractivity contribution in [3.8, 4) is 0 Å². The van der Waals surface area contributed by atoms with E-state index in [1.807, 2.05) is 0 Å². The molecule has 1 rings (SSSR count). The van der Waals surface area contributed by atoms with Crippen molar-refractivity contribution >= 4 is 5.91 Å². The van der Waals surface area contributed by atoms with Gasteiger partial charge < -0.3 is 10.2 Å². The fourth-order valence-electron chi connectivity index (χ4n) is 2.50. The summed E-state index contributed by atoms with van der Waals surface area (Å²) >= 11 is 0. The molecule has 1 saturated carbocycles. The van der Waals surface area contributed by atoms with E-state index < -0.39 is 0 Å². The van der Waals surface area contributed by atoms with E-state index >= 15 is 0 Å². The normalized spacial score (nSPS) is 17.4. The Morgan fingerprint density at radius 2 is 1.94 bits per heavy atom. The van der Waals surface area contributed by atoms with Gasteiger partial charge in [-0.2, -0.15) is 0 Å². The van der Waals surface area contributed by atoms with Crippen molar-refractivity contribution < 1.29 is 4.79 Å². The summed E-state index contributed by atoms with van der Waals surface area (Å²) in [6, 6.07) is 0.509. The first kappa shape index (κ1) is 13.5. The quantitative estimate of drug-likeness (QED) is 0.704. The zero-order valence-corrected chi connectivity index (χ0v) is 10.8. The maximum atomic E-state index is 12.0. The molecular weight excluding hydrogens is 200 g/mol. The molecular formula is C13H26N2O. The lowest BCUT2D eigenvalue weighted by Crippen LogP contribution is -2.45. The second-order valence-electron chi connectivity index (χ2n) is 4.65. The molecule has 1 aliphatic carbocycles. The van der Waals surface area contributed by atoms with Gasteiger partial charge in [-0.15, -0.1) is 0 Å². The van der Waals surface area contributed by atoms with Gasteiger partial charge in [0.25, 0.3) is 0 Å². The Labute approximate surface area is 99.6 Å². The van der Waals surface area contributed by atoms with Gasteiger partial charge in [-0.1, -0.05) is 26.2 Å². The van der Waals surface area contributed by atoms with Crippen molar-refractivity contribution in [1.29, 1.82) is 0 Å². The Morgan fingerprint density at radius 1 is 1.25 bits per heavy atom. The summed E-state index contributed by atoms with van der Waals surface area (Å²) in [5.74, 6) is 0.280. The van der Waals surface area contributed by atoms with Crippen molar-refractivity contribution in [3.05, 3.63) is 0 Å². The summed E-state index contributed by atoms with van der Waals surface area (Å²) in [4.78, 5) is 14.1. The maximum absolute atomic E-state index is 12.0. The first-order chi connectivity index (χ1) is 7.79. The van der Waals surface area contributed by atoms with Gasteiger partial charge in [-0.3, -0.25) is 4.79 Å². The predicted octanol–water partition coefficient (Wildman–Crippen LogP) is 2.17. The van der Waals surface area contributed by atoms with Crippen molar-refractivity contribution in [2.24, 2.45) is 0 Å². The molecule has 16 heavy (non-hydrogen) atoms. The van der Waals surface area contributed by atoms with E-state index in [2.05, 4.69) is 24.1 Å². The second kappa shape index (κ2) is 7.66. The van der Waals surface area contributed by atoms with Crippen molar-refractivity contribution in [2.45, 2.75) is 58.4 Å². The van der Waals surface area contributed by atoms with Crippen LogP contribution in [0, 0.1) is 0 Å². The maximum Gasteiger partial charge on any atom is 0.236 e. The largest absolute Gasteiger partial charge is 0.339 e. The zero-order chi connectivity index (χ0) is 11.8. The number of amides is 1. The van der Waals surface area contributed by atoms with Gasteiger partial charge in [0.1, 0.15) is 0 Å². The van der Waals surface area contributed by atoms with Crippen molar-refractivity contribution in [3.63, 3.8) is 0 Å². The monoisotopic (exact) mass is 226 g/mol. The molecule has 94 valence electrons. The van der Waals surface area contributed by atoms with Gasteiger partial charge in [0, 0.05) is 12.6 Å². The van der Waals surface area contributed by atoms with Crippen LogP contribution in [0.15, 0.2) is 0 Å². The minimum absolute atomic E-state index is 0.280. The highest BCUT2D eigenvalue weighted by Crippen LogP contribution is 2.22. The number of rotatable bonds is 6. The number of nitrogens with one attached hydrogen (secondary N) is 1. The summed E-state index contributed by atoms with van der Waals surface area (Å²) in [5.41, 5.74) is 0. The zero-order valence-electron chi connectivity index (χ0n) is 10.8. The van der Waals surface area contributed by atoms with E-state index in [0.717, 1.165) is 19.5 Å². The molecule has 3 nitrogen and oxygen atoms in total. The smallest absolute Gasteiger partial charge is 0.236 e. The number of hydrogen-bond donors (Lipinski definition) is 1. The number of carbonyl (C=O) groups excluding carboxylic acids is 1. The molecule has 1 amide bonds. The summed E-state index contributed by atoms with van der Waals surface area (Å²) in [5, 5.41) is 3.20. The Balaban J connectivity index is 2.35. The van der Waals surface area contributed by atoms with E-state index in [9.17, 15) is 4.79 Å². The lowest BCUT2D eigenvalue weighted by Gasteiger charge is -2.33. The van der Waals surface area contributed by atoms with Crippen LogP contribution in [0.1, 0.15) is 52.4 Å². The Kier molecular flexibility index (Phi) is 6.46. The molecule has 0 radical (unpaired) electrons. The first-order valence-corrected chi connectivity index (χ1v) is 6.79. The van der Waals surface area contributed by atoms with Gasteiger partial charge in [0.2, 0.25) is 5.91 Å². The molecule has 0 aliphatic heterocycles. The third-order valence-corrected chi connectivity index (χ3v) is 3.38. The molecule has 0 heterocycles. The fraction of sp³-hybridized carbons (Fsp3) is 0.923. The molecule has 0 saturated heterocycles. The third kappa shape index (κ3) is 4.12. The minimum Gasteiger partial charge on any atom is -0.339 e. The summed E-state index contributed by atoms with van der Waals surface area (Å²) in [6.07, 6.45) is 7.41. The van der Waals surface area contributed by atoms with Crippen LogP contribution in [0.4, 0.5) is 0 Å².